The molecule has 3 aliphatic carbocycles. The summed E-state index contributed by atoms with van der Waals surface area (Å²) in [7, 11) is 0. The minimum Gasteiger partial charge on any atom is -0.374 e. The minimum atomic E-state index is -1.12. The van der Waals surface area contributed by atoms with Gasteiger partial charge in [-0.1, -0.05) is 18.4 Å². The molecule has 0 amide bonds. The van der Waals surface area contributed by atoms with Crippen LogP contribution in [0.4, 0.5) is 0 Å². The van der Waals surface area contributed by atoms with Crippen LogP contribution in [0.15, 0.2) is 11.6 Å². The summed E-state index contributed by atoms with van der Waals surface area (Å²) in [5.74, 6) is 4.51. The third-order valence-electron chi connectivity index (χ3n) is 7.03. The zero-order valence-corrected chi connectivity index (χ0v) is 13.2. The van der Waals surface area contributed by atoms with E-state index in [1.54, 1.807) is 0 Å². The lowest BCUT2D eigenvalue weighted by atomic mass is 9.52. The van der Waals surface area contributed by atoms with Crippen LogP contribution in [0.5, 0.6) is 0 Å². The normalized spacial score (nSPS) is 50.4. The van der Waals surface area contributed by atoms with Gasteiger partial charge in [-0.2, -0.15) is 0 Å². The van der Waals surface area contributed by atoms with Crippen molar-refractivity contribution in [3.63, 3.8) is 0 Å². The van der Waals surface area contributed by atoms with Crippen molar-refractivity contribution < 1.29 is 14.6 Å². The van der Waals surface area contributed by atoms with E-state index in [9.17, 15) is 9.90 Å². The molecule has 0 aromatic carbocycles. The second-order valence-electron chi connectivity index (χ2n) is 7.89. The first-order chi connectivity index (χ1) is 10.5. The number of hydrogen-bond donors (Lipinski definition) is 1. The van der Waals surface area contributed by atoms with E-state index in [1.807, 2.05) is 6.08 Å². The molecule has 3 heteroatoms. The van der Waals surface area contributed by atoms with Crippen LogP contribution in [0.3, 0.4) is 0 Å². The summed E-state index contributed by atoms with van der Waals surface area (Å²) < 4.78 is 6.06. The van der Waals surface area contributed by atoms with Crippen molar-refractivity contribution in [3.05, 3.63) is 11.6 Å². The Balaban J connectivity index is 1.65. The molecule has 4 aliphatic rings. The fourth-order valence-corrected chi connectivity index (χ4v) is 5.67. The zero-order valence-electron chi connectivity index (χ0n) is 13.2. The Morgan fingerprint density at radius 3 is 2.91 bits per heavy atom. The van der Waals surface area contributed by atoms with E-state index in [2.05, 4.69) is 12.8 Å². The molecule has 1 aliphatic heterocycles. The van der Waals surface area contributed by atoms with Gasteiger partial charge in [-0.3, -0.25) is 4.79 Å². The van der Waals surface area contributed by atoms with Crippen molar-refractivity contribution >= 4 is 5.78 Å². The van der Waals surface area contributed by atoms with Gasteiger partial charge in [-0.25, -0.2) is 0 Å². The summed E-state index contributed by atoms with van der Waals surface area (Å²) >= 11 is 0. The van der Waals surface area contributed by atoms with Gasteiger partial charge < -0.3 is 9.84 Å². The molecular weight excluding hydrogens is 276 g/mol. The van der Waals surface area contributed by atoms with E-state index in [0.29, 0.717) is 30.0 Å². The monoisotopic (exact) mass is 300 g/mol. The van der Waals surface area contributed by atoms with E-state index in [0.717, 1.165) is 32.1 Å². The summed E-state index contributed by atoms with van der Waals surface area (Å²) in [6.07, 6.45) is 13.3. The van der Waals surface area contributed by atoms with Gasteiger partial charge in [0.05, 0.1) is 12.7 Å². The molecule has 0 bridgehead atoms. The topological polar surface area (TPSA) is 46.5 Å². The maximum atomic E-state index is 11.7. The quantitative estimate of drug-likeness (QED) is 0.699. The molecule has 0 unspecified atom stereocenters. The number of terminal acetylenes is 1. The van der Waals surface area contributed by atoms with Gasteiger partial charge in [0.2, 0.25) is 0 Å². The number of ether oxygens (including phenoxy) is 1. The van der Waals surface area contributed by atoms with Crippen molar-refractivity contribution in [3.8, 4) is 12.3 Å². The Morgan fingerprint density at radius 2 is 2.14 bits per heavy atom. The lowest BCUT2D eigenvalue weighted by Gasteiger charge is -2.53. The highest BCUT2D eigenvalue weighted by Gasteiger charge is 2.63. The maximum absolute atomic E-state index is 11.7. The smallest absolute Gasteiger partial charge is 0.156 e. The van der Waals surface area contributed by atoms with Crippen LogP contribution in [-0.4, -0.2) is 29.2 Å². The van der Waals surface area contributed by atoms with Crippen LogP contribution in [0.1, 0.15) is 45.4 Å². The van der Waals surface area contributed by atoms with E-state index in [4.69, 9.17) is 11.2 Å². The number of rotatable bonds is 0. The molecule has 1 N–H and O–H groups in total. The summed E-state index contributed by atoms with van der Waals surface area (Å²) in [6.45, 7) is 2.37. The Bertz CT molecular complexity index is 586. The van der Waals surface area contributed by atoms with Gasteiger partial charge in [-0.05, 0) is 55.9 Å². The third-order valence-corrected chi connectivity index (χ3v) is 7.03. The van der Waals surface area contributed by atoms with Crippen molar-refractivity contribution in [2.45, 2.75) is 57.2 Å². The standard InChI is InChI=1S/C19H24O3/c1-3-19(21)11-22-17-16-6-4-12-10-13(20)5-7-14(12)15(16)8-9-18(17,19)2/h1,10,14-17,21H,4-9,11H2,2H3/t14-,15+,16+,17-,18-,19-/m0/s1. The number of carbonyl (C=O) groups is 1. The highest BCUT2D eigenvalue weighted by atomic mass is 16.5. The van der Waals surface area contributed by atoms with Crippen LogP contribution in [-0.2, 0) is 9.53 Å². The van der Waals surface area contributed by atoms with Crippen LogP contribution in [0, 0.1) is 35.5 Å². The van der Waals surface area contributed by atoms with Crippen LogP contribution in [0.2, 0.25) is 0 Å². The molecule has 22 heavy (non-hydrogen) atoms. The molecule has 3 fully saturated rings. The minimum absolute atomic E-state index is 0.0616. The molecule has 1 heterocycles. The van der Waals surface area contributed by atoms with Gasteiger partial charge in [0.15, 0.2) is 11.4 Å². The van der Waals surface area contributed by atoms with Crippen molar-refractivity contribution in [2.24, 2.45) is 23.2 Å². The average Bonchev–Trinajstić information content (AvgIpc) is 2.79. The second kappa shape index (κ2) is 4.69. The SMILES string of the molecule is C#C[C@]1(O)CO[C@H]2[C@@H]3CCC4=CC(=O)CC[C@@H]4[C@H]3CC[C@@]21C. The van der Waals surface area contributed by atoms with E-state index < -0.39 is 5.60 Å². The Hall–Kier alpha value is -1.11. The van der Waals surface area contributed by atoms with Gasteiger partial charge in [0, 0.05) is 11.8 Å². The highest BCUT2D eigenvalue weighted by molar-refractivity contribution is 5.91. The summed E-state index contributed by atoms with van der Waals surface area (Å²) in [6, 6.07) is 0. The zero-order chi connectivity index (χ0) is 15.5. The molecule has 2 saturated carbocycles. The fraction of sp³-hybridized carbons (Fsp3) is 0.737. The number of fused-ring (bicyclic) bond motifs is 5. The van der Waals surface area contributed by atoms with Crippen molar-refractivity contribution in [1.29, 1.82) is 0 Å². The molecular formula is C19H24O3. The van der Waals surface area contributed by atoms with Crippen molar-refractivity contribution in [1.82, 2.24) is 0 Å². The molecule has 0 radical (unpaired) electrons. The summed E-state index contributed by atoms with van der Waals surface area (Å²) in [5.41, 5.74) is -0.0816. The van der Waals surface area contributed by atoms with Crippen molar-refractivity contribution in [2.75, 3.05) is 6.61 Å². The lowest BCUT2D eigenvalue weighted by molar-refractivity contribution is -0.117. The Labute approximate surface area is 132 Å². The number of hydrogen-bond acceptors (Lipinski definition) is 3. The summed E-state index contributed by atoms with van der Waals surface area (Å²) in [5, 5.41) is 10.8. The average molecular weight is 300 g/mol. The first kappa shape index (κ1) is 14.5. The Kier molecular flexibility index (Phi) is 3.09. The van der Waals surface area contributed by atoms with Gasteiger partial charge in [-0.15, -0.1) is 6.42 Å². The molecule has 1 saturated heterocycles. The fourth-order valence-electron chi connectivity index (χ4n) is 5.67. The van der Waals surface area contributed by atoms with Gasteiger partial charge >= 0.3 is 0 Å². The number of ketones is 1. The largest absolute Gasteiger partial charge is 0.374 e. The van der Waals surface area contributed by atoms with Gasteiger partial charge in [0.25, 0.3) is 0 Å². The van der Waals surface area contributed by atoms with E-state index in [1.165, 1.54) is 5.57 Å². The number of aliphatic hydroxyl groups is 1. The number of carbonyl (C=O) groups excluding carboxylic acids is 1. The molecule has 3 nitrogen and oxygen atoms in total. The first-order valence-electron chi connectivity index (χ1n) is 8.53. The molecule has 118 valence electrons. The maximum Gasteiger partial charge on any atom is 0.156 e. The molecule has 6 atom stereocenters. The number of allylic oxidation sites excluding steroid dienone is 2. The molecule has 0 aromatic heterocycles. The van der Waals surface area contributed by atoms with Crippen LogP contribution < -0.4 is 0 Å². The predicted octanol–water partition coefficient (Wildman–Crippen LogP) is 2.48. The molecule has 0 aromatic rings. The second-order valence-corrected chi connectivity index (χ2v) is 7.89. The molecule has 4 rings (SSSR count). The molecule has 0 spiro atoms. The van der Waals surface area contributed by atoms with Crippen LogP contribution >= 0.6 is 0 Å². The summed E-state index contributed by atoms with van der Waals surface area (Å²) in [4.78, 5) is 11.7. The lowest BCUT2D eigenvalue weighted by Crippen LogP contribution is -2.55. The van der Waals surface area contributed by atoms with Gasteiger partial charge in [0.1, 0.15) is 0 Å². The van der Waals surface area contributed by atoms with Crippen LogP contribution in [0.25, 0.3) is 0 Å². The Morgan fingerprint density at radius 1 is 1.32 bits per heavy atom. The third kappa shape index (κ3) is 1.74. The van der Waals surface area contributed by atoms with E-state index >= 15 is 0 Å². The first-order valence-corrected chi connectivity index (χ1v) is 8.53. The predicted molar refractivity (Wildman–Crippen MR) is 82.9 cm³/mol. The highest BCUT2D eigenvalue weighted by Crippen LogP contribution is 2.59. The van der Waals surface area contributed by atoms with E-state index in [-0.39, 0.29) is 18.1 Å².